The van der Waals surface area contributed by atoms with Gasteiger partial charge in [-0.1, -0.05) is 6.08 Å². The van der Waals surface area contributed by atoms with Crippen molar-refractivity contribution in [2.24, 2.45) is 0 Å². The first-order chi connectivity index (χ1) is 13.6. The quantitative estimate of drug-likeness (QED) is 0.618. The van der Waals surface area contributed by atoms with Gasteiger partial charge in [0.2, 0.25) is 17.8 Å². The lowest BCUT2D eigenvalue weighted by Gasteiger charge is -2.19. The standard InChI is InChI=1S/C18H22F5N5O/c1-2-13(18(21,22)23)25-16-27-14(10-4-3-5-12(29)8-10)26-15(28-16)24-11-6-7-17(19,20)9-11/h2,8,11-12,29H,3-7,9H2,1H3,(H2,24,25,26,27,28). The Bertz CT molecular complexity index is 808. The molecule has 29 heavy (non-hydrogen) atoms. The van der Waals surface area contributed by atoms with E-state index in [1.807, 2.05) is 0 Å². The van der Waals surface area contributed by atoms with Crippen molar-refractivity contribution in [2.75, 3.05) is 10.6 Å². The van der Waals surface area contributed by atoms with E-state index in [1.165, 1.54) is 6.92 Å². The number of hydrogen-bond acceptors (Lipinski definition) is 6. The third-order valence-corrected chi connectivity index (χ3v) is 4.84. The average Bonchev–Trinajstić information content (AvgIpc) is 2.97. The molecular formula is C18H22F5N5O. The molecule has 0 saturated heterocycles. The summed E-state index contributed by atoms with van der Waals surface area (Å²) in [5, 5.41) is 14.8. The molecule has 1 fully saturated rings. The number of anilines is 2. The van der Waals surface area contributed by atoms with Crippen LogP contribution in [0.1, 0.15) is 51.3 Å². The van der Waals surface area contributed by atoms with Crippen LogP contribution in [0.3, 0.4) is 0 Å². The molecule has 160 valence electrons. The largest absolute Gasteiger partial charge is 0.431 e. The Kier molecular flexibility index (Phi) is 6.06. The Hall–Kier alpha value is -2.30. The highest BCUT2D eigenvalue weighted by Gasteiger charge is 2.40. The lowest BCUT2D eigenvalue weighted by molar-refractivity contribution is -0.0904. The van der Waals surface area contributed by atoms with Gasteiger partial charge >= 0.3 is 6.18 Å². The Labute approximate surface area is 164 Å². The highest BCUT2D eigenvalue weighted by Crippen LogP contribution is 2.36. The van der Waals surface area contributed by atoms with E-state index in [4.69, 9.17) is 0 Å². The SMILES string of the molecule is CC=C(Nc1nc(NC2CCC(F)(F)C2)nc(C2=CC(O)CCC2)n1)C(F)(F)F. The van der Waals surface area contributed by atoms with Crippen molar-refractivity contribution in [3.8, 4) is 0 Å². The number of hydrogen-bond donors (Lipinski definition) is 3. The summed E-state index contributed by atoms with van der Waals surface area (Å²) in [6.45, 7) is 1.22. The lowest BCUT2D eigenvalue weighted by Crippen LogP contribution is -2.23. The molecule has 0 aromatic carbocycles. The topological polar surface area (TPSA) is 83.0 Å². The van der Waals surface area contributed by atoms with Crippen LogP contribution in [0.4, 0.5) is 33.8 Å². The van der Waals surface area contributed by atoms with E-state index < -0.39 is 36.4 Å². The first-order valence-corrected chi connectivity index (χ1v) is 9.36. The van der Waals surface area contributed by atoms with Crippen molar-refractivity contribution < 1.29 is 27.1 Å². The number of alkyl halides is 5. The maximum atomic E-state index is 13.5. The minimum absolute atomic E-state index is 0.0845. The number of aliphatic hydroxyl groups excluding tert-OH is 1. The Morgan fingerprint density at radius 2 is 1.93 bits per heavy atom. The monoisotopic (exact) mass is 419 g/mol. The minimum Gasteiger partial charge on any atom is -0.389 e. The third kappa shape index (κ3) is 5.62. The zero-order valence-electron chi connectivity index (χ0n) is 15.7. The summed E-state index contributed by atoms with van der Waals surface area (Å²) >= 11 is 0. The van der Waals surface area contributed by atoms with E-state index in [1.54, 1.807) is 6.08 Å². The van der Waals surface area contributed by atoms with Gasteiger partial charge in [-0.15, -0.1) is 0 Å². The maximum absolute atomic E-state index is 13.5. The number of nitrogens with zero attached hydrogens (tertiary/aromatic N) is 3. The molecule has 2 unspecified atom stereocenters. The second kappa shape index (κ2) is 8.21. The minimum atomic E-state index is -4.64. The molecule has 0 aliphatic heterocycles. The molecule has 3 rings (SSSR count). The molecule has 0 spiro atoms. The second-order valence-electron chi connectivity index (χ2n) is 7.22. The van der Waals surface area contributed by atoms with Crippen LogP contribution in [-0.2, 0) is 0 Å². The van der Waals surface area contributed by atoms with Gasteiger partial charge < -0.3 is 15.7 Å². The zero-order chi connectivity index (χ0) is 21.2. The van der Waals surface area contributed by atoms with Crippen LogP contribution in [0.25, 0.3) is 5.57 Å². The Morgan fingerprint density at radius 3 is 2.52 bits per heavy atom. The van der Waals surface area contributed by atoms with Crippen LogP contribution in [0.15, 0.2) is 17.8 Å². The van der Waals surface area contributed by atoms with Crippen molar-refractivity contribution in [1.82, 2.24) is 15.0 Å². The van der Waals surface area contributed by atoms with E-state index in [2.05, 4.69) is 25.6 Å². The fraction of sp³-hybridized carbons (Fsp3) is 0.611. The van der Waals surface area contributed by atoms with Crippen molar-refractivity contribution >= 4 is 17.5 Å². The predicted molar refractivity (Wildman–Crippen MR) is 97.3 cm³/mol. The van der Waals surface area contributed by atoms with Crippen LogP contribution < -0.4 is 10.6 Å². The molecule has 11 heteroatoms. The number of aromatic nitrogens is 3. The zero-order valence-corrected chi connectivity index (χ0v) is 15.7. The molecule has 1 heterocycles. The first kappa shape index (κ1) is 21.4. The molecule has 0 bridgehead atoms. The number of aliphatic hydroxyl groups is 1. The fourth-order valence-electron chi connectivity index (χ4n) is 3.41. The Balaban J connectivity index is 1.91. The van der Waals surface area contributed by atoms with E-state index in [9.17, 15) is 27.1 Å². The van der Waals surface area contributed by atoms with Crippen molar-refractivity contribution in [3.05, 3.63) is 23.7 Å². The van der Waals surface area contributed by atoms with Gasteiger partial charge in [-0.2, -0.15) is 28.1 Å². The maximum Gasteiger partial charge on any atom is 0.431 e. The molecule has 1 aromatic rings. The second-order valence-corrected chi connectivity index (χ2v) is 7.22. The molecule has 2 aliphatic carbocycles. The third-order valence-electron chi connectivity index (χ3n) is 4.84. The summed E-state index contributed by atoms with van der Waals surface area (Å²) in [5.74, 6) is -3.13. The van der Waals surface area contributed by atoms with Crippen LogP contribution in [0.5, 0.6) is 0 Å². The predicted octanol–water partition coefficient (Wildman–Crippen LogP) is 4.28. The molecule has 2 aliphatic rings. The highest BCUT2D eigenvalue weighted by atomic mass is 19.4. The Morgan fingerprint density at radius 1 is 1.21 bits per heavy atom. The van der Waals surface area contributed by atoms with Gasteiger partial charge in [0.25, 0.3) is 0 Å². The first-order valence-electron chi connectivity index (χ1n) is 9.36. The summed E-state index contributed by atoms with van der Waals surface area (Å²) in [4.78, 5) is 12.2. The highest BCUT2D eigenvalue weighted by molar-refractivity contribution is 5.63. The molecular weight excluding hydrogens is 397 g/mol. The summed E-state index contributed by atoms with van der Waals surface area (Å²) in [7, 11) is 0. The van der Waals surface area contributed by atoms with Crippen LogP contribution in [0.2, 0.25) is 0 Å². The van der Waals surface area contributed by atoms with Gasteiger partial charge in [-0.05, 0) is 44.3 Å². The van der Waals surface area contributed by atoms with Gasteiger partial charge in [0.1, 0.15) is 5.70 Å². The van der Waals surface area contributed by atoms with E-state index in [0.717, 1.165) is 6.08 Å². The van der Waals surface area contributed by atoms with Crippen molar-refractivity contribution in [1.29, 1.82) is 0 Å². The molecule has 0 radical (unpaired) electrons. The summed E-state index contributed by atoms with van der Waals surface area (Å²) in [6, 6.07) is -0.595. The van der Waals surface area contributed by atoms with Crippen LogP contribution in [0, 0.1) is 0 Å². The van der Waals surface area contributed by atoms with Gasteiger partial charge in [0, 0.05) is 18.9 Å². The van der Waals surface area contributed by atoms with Crippen molar-refractivity contribution in [2.45, 2.75) is 69.7 Å². The molecule has 6 nitrogen and oxygen atoms in total. The molecule has 2 atom stereocenters. The van der Waals surface area contributed by atoms with Crippen LogP contribution in [-0.4, -0.2) is 44.3 Å². The number of nitrogens with one attached hydrogen (secondary N) is 2. The van der Waals surface area contributed by atoms with E-state index in [-0.39, 0.29) is 30.6 Å². The van der Waals surface area contributed by atoms with Gasteiger partial charge in [-0.3, -0.25) is 0 Å². The van der Waals surface area contributed by atoms with Gasteiger partial charge in [0.05, 0.1) is 6.10 Å². The molecule has 3 N–H and O–H groups in total. The number of allylic oxidation sites excluding steroid dienone is 3. The molecule has 1 aromatic heterocycles. The lowest BCUT2D eigenvalue weighted by atomic mass is 9.97. The van der Waals surface area contributed by atoms with E-state index in [0.29, 0.717) is 24.8 Å². The fourth-order valence-corrected chi connectivity index (χ4v) is 3.41. The van der Waals surface area contributed by atoms with Crippen LogP contribution >= 0.6 is 0 Å². The number of halogens is 5. The average molecular weight is 419 g/mol. The normalized spacial score (nSPS) is 24.9. The smallest absolute Gasteiger partial charge is 0.389 e. The molecule has 1 saturated carbocycles. The van der Waals surface area contributed by atoms with Gasteiger partial charge in [0.15, 0.2) is 5.82 Å². The van der Waals surface area contributed by atoms with E-state index >= 15 is 0 Å². The van der Waals surface area contributed by atoms with Crippen molar-refractivity contribution in [3.63, 3.8) is 0 Å². The number of rotatable bonds is 5. The summed E-state index contributed by atoms with van der Waals surface area (Å²) < 4.78 is 66.2. The van der Waals surface area contributed by atoms with Gasteiger partial charge in [-0.25, -0.2) is 8.78 Å². The summed E-state index contributed by atoms with van der Waals surface area (Å²) in [5.41, 5.74) is -0.478. The molecule has 0 amide bonds. The summed E-state index contributed by atoms with van der Waals surface area (Å²) in [6.07, 6.45) is -1.64.